The fourth-order valence-electron chi connectivity index (χ4n) is 3.86. The third-order valence-electron chi connectivity index (χ3n) is 5.08. The quantitative estimate of drug-likeness (QED) is 0.890. The average molecular weight is 324 g/mol. The molecule has 2 aromatic carbocycles. The predicted octanol–water partition coefficient (Wildman–Crippen LogP) is 4.28. The molecule has 2 unspecified atom stereocenters. The van der Waals surface area contributed by atoms with Crippen LogP contribution in [0, 0.1) is 0 Å². The average Bonchev–Trinajstić information content (AvgIpc) is 2.62. The zero-order valence-electron chi connectivity index (χ0n) is 14.8. The third kappa shape index (κ3) is 3.62. The van der Waals surface area contributed by atoms with E-state index in [1.807, 2.05) is 0 Å². The maximum absolute atomic E-state index is 12.9. The van der Waals surface area contributed by atoms with Gasteiger partial charge in [0.05, 0.1) is 12.1 Å². The van der Waals surface area contributed by atoms with Crippen LogP contribution in [-0.2, 0) is 4.79 Å². The number of carbonyl (C=O) groups excluding carboxylic acids is 1. The van der Waals surface area contributed by atoms with Crippen LogP contribution >= 0.6 is 0 Å². The van der Waals surface area contributed by atoms with E-state index in [9.17, 15) is 4.79 Å². The first-order valence-corrected chi connectivity index (χ1v) is 9.22. The topological polar surface area (TPSA) is 32.3 Å². The molecule has 3 rings (SSSR count). The molecule has 1 N–H and O–H groups in total. The predicted molar refractivity (Wildman–Crippen MR) is 100 cm³/mol. The number of carbonyl (C=O) groups is 1. The number of amides is 1. The van der Waals surface area contributed by atoms with Crippen LogP contribution in [0.3, 0.4) is 0 Å². The van der Waals surface area contributed by atoms with Crippen molar-refractivity contribution in [3.05, 3.63) is 48.0 Å². The van der Waals surface area contributed by atoms with Gasteiger partial charge in [-0.2, -0.15) is 0 Å². The van der Waals surface area contributed by atoms with Gasteiger partial charge in [-0.1, -0.05) is 55.8 Å². The summed E-state index contributed by atoms with van der Waals surface area (Å²) < 4.78 is 0. The second kappa shape index (κ2) is 7.80. The lowest BCUT2D eigenvalue weighted by molar-refractivity contribution is -0.128. The van der Waals surface area contributed by atoms with Gasteiger partial charge in [-0.3, -0.25) is 9.69 Å². The van der Waals surface area contributed by atoms with E-state index >= 15 is 0 Å². The maximum Gasteiger partial charge on any atom is 0.237 e. The first-order chi connectivity index (χ1) is 11.7. The van der Waals surface area contributed by atoms with E-state index in [1.54, 1.807) is 0 Å². The van der Waals surface area contributed by atoms with Crippen LogP contribution in [-0.4, -0.2) is 29.9 Å². The molecule has 1 amide bonds. The van der Waals surface area contributed by atoms with Crippen molar-refractivity contribution < 1.29 is 4.79 Å². The highest BCUT2D eigenvalue weighted by Gasteiger charge is 2.28. The van der Waals surface area contributed by atoms with Gasteiger partial charge in [0.2, 0.25) is 5.91 Å². The molecule has 0 bridgehead atoms. The zero-order valence-corrected chi connectivity index (χ0v) is 14.8. The smallest absolute Gasteiger partial charge is 0.237 e. The summed E-state index contributed by atoms with van der Waals surface area (Å²) in [5.41, 5.74) is 1.19. The number of hydrogen-bond donors (Lipinski definition) is 1. The van der Waals surface area contributed by atoms with Gasteiger partial charge in [0.1, 0.15) is 0 Å². The van der Waals surface area contributed by atoms with Gasteiger partial charge in [0.25, 0.3) is 0 Å². The van der Waals surface area contributed by atoms with E-state index in [1.165, 1.54) is 22.8 Å². The van der Waals surface area contributed by atoms with Crippen LogP contribution in [0.25, 0.3) is 10.8 Å². The van der Waals surface area contributed by atoms with E-state index in [0.29, 0.717) is 0 Å². The number of fused-ring (bicyclic) bond motifs is 1. The Hall–Kier alpha value is -1.87. The van der Waals surface area contributed by atoms with Crippen LogP contribution < -0.4 is 5.32 Å². The van der Waals surface area contributed by atoms with E-state index in [0.717, 1.165) is 32.4 Å². The number of likely N-dealkylation sites (tertiary alicyclic amines) is 1. The molecule has 24 heavy (non-hydrogen) atoms. The van der Waals surface area contributed by atoms with Crippen LogP contribution in [0.5, 0.6) is 0 Å². The standard InChI is InChI=1S/C21H28N2O/c1-3-14-23-15-7-6-13-20(23)21(24)22-16(2)18-12-8-10-17-9-4-5-11-19(17)18/h4-5,8-12,16,20H,3,6-7,13-15H2,1-2H3,(H,22,24). The number of piperidine rings is 1. The Kier molecular flexibility index (Phi) is 5.52. The van der Waals surface area contributed by atoms with E-state index in [4.69, 9.17) is 0 Å². The summed E-state index contributed by atoms with van der Waals surface area (Å²) in [5.74, 6) is 0.184. The monoisotopic (exact) mass is 324 g/mol. The third-order valence-corrected chi connectivity index (χ3v) is 5.08. The Balaban J connectivity index is 1.75. The number of nitrogens with zero attached hydrogens (tertiary/aromatic N) is 1. The lowest BCUT2D eigenvalue weighted by Crippen LogP contribution is -2.50. The maximum atomic E-state index is 12.9. The summed E-state index contributed by atoms with van der Waals surface area (Å²) in [4.78, 5) is 15.2. The van der Waals surface area contributed by atoms with Crippen molar-refractivity contribution in [2.24, 2.45) is 0 Å². The molecule has 1 saturated heterocycles. The SMILES string of the molecule is CCCN1CCCCC1C(=O)NC(C)c1cccc2ccccc12. The molecule has 0 aliphatic carbocycles. The minimum atomic E-state index is 0.0222. The molecule has 3 heteroatoms. The van der Waals surface area contributed by atoms with Crippen molar-refractivity contribution in [1.82, 2.24) is 10.2 Å². The molecule has 1 aliphatic heterocycles. The highest BCUT2D eigenvalue weighted by molar-refractivity contribution is 5.87. The Morgan fingerprint density at radius 2 is 2.00 bits per heavy atom. The fourth-order valence-corrected chi connectivity index (χ4v) is 3.86. The molecule has 1 fully saturated rings. The minimum absolute atomic E-state index is 0.0222. The number of nitrogens with one attached hydrogen (secondary N) is 1. The first-order valence-electron chi connectivity index (χ1n) is 9.22. The van der Waals surface area contributed by atoms with Gasteiger partial charge < -0.3 is 5.32 Å². The van der Waals surface area contributed by atoms with Gasteiger partial charge in [-0.25, -0.2) is 0 Å². The lowest BCUT2D eigenvalue weighted by atomic mass is 9.98. The van der Waals surface area contributed by atoms with Crippen molar-refractivity contribution >= 4 is 16.7 Å². The van der Waals surface area contributed by atoms with Crippen molar-refractivity contribution in [2.45, 2.75) is 51.6 Å². The van der Waals surface area contributed by atoms with E-state index in [-0.39, 0.29) is 18.0 Å². The van der Waals surface area contributed by atoms with Gasteiger partial charge in [0, 0.05) is 0 Å². The molecule has 0 radical (unpaired) electrons. The second-order valence-corrected chi connectivity index (χ2v) is 6.85. The highest BCUT2D eigenvalue weighted by Crippen LogP contribution is 2.25. The summed E-state index contributed by atoms with van der Waals surface area (Å²) in [6, 6.07) is 14.8. The zero-order chi connectivity index (χ0) is 16.9. The molecule has 1 aliphatic rings. The van der Waals surface area contributed by atoms with Crippen molar-refractivity contribution in [3.63, 3.8) is 0 Å². The number of rotatable bonds is 5. The Bertz CT molecular complexity index is 690. The Morgan fingerprint density at radius 3 is 2.83 bits per heavy atom. The van der Waals surface area contributed by atoms with Gasteiger partial charge >= 0.3 is 0 Å². The van der Waals surface area contributed by atoms with Crippen LogP contribution in [0.4, 0.5) is 0 Å². The highest BCUT2D eigenvalue weighted by atomic mass is 16.2. The summed E-state index contributed by atoms with van der Waals surface area (Å²) in [7, 11) is 0. The fraction of sp³-hybridized carbons (Fsp3) is 0.476. The second-order valence-electron chi connectivity index (χ2n) is 6.85. The Labute approximate surface area is 145 Å². The van der Waals surface area contributed by atoms with Gasteiger partial charge in [-0.05, 0) is 55.6 Å². The van der Waals surface area contributed by atoms with Gasteiger partial charge in [-0.15, -0.1) is 0 Å². The number of benzene rings is 2. The van der Waals surface area contributed by atoms with E-state index < -0.39 is 0 Å². The number of hydrogen-bond acceptors (Lipinski definition) is 2. The van der Waals surface area contributed by atoms with Crippen LogP contribution in [0.2, 0.25) is 0 Å². The molecular formula is C21H28N2O. The molecule has 2 atom stereocenters. The van der Waals surface area contributed by atoms with Gasteiger partial charge in [0.15, 0.2) is 0 Å². The molecule has 0 aromatic heterocycles. The van der Waals surface area contributed by atoms with Crippen molar-refractivity contribution in [2.75, 3.05) is 13.1 Å². The van der Waals surface area contributed by atoms with Crippen LogP contribution in [0.1, 0.15) is 51.1 Å². The van der Waals surface area contributed by atoms with Crippen molar-refractivity contribution in [1.29, 1.82) is 0 Å². The molecule has 128 valence electrons. The van der Waals surface area contributed by atoms with Crippen LogP contribution in [0.15, 0.2) is 42.5 Å². The lowest BCUT2D eigenvalue weighted by Gasteiger charge is -2.35. The normalized spacial score (nSPS) is 20.0. The summed E-state index contributed by atoms with van der Waals surface area (Å²) >= 11 is 0. The molecule has 0 spiro atoms. The first kappa shape index (κ1) is 17.0. The molecule has 1 heterocycles. The summed E-state index contributed by atoms with van der Waals surface area (Å²) in [5, 5.41) is 5.71. The van der Waals surface area contributed by atoms with Crippen molar-refractivity contribution in [3.8, 4) is 0 Å². The molecule has 2 aromatic rings. The molecule has 0 saturated carbocycles. The summed E-state index contributed by atoms with van der Waals surface area (Å²) in [6.07, 6.45) is 4.44. The molecule has 3 nitrogen and oxygen atoms in total. The minimum Gasteiger partial charge on any atom is -0.348 e. The molecular weight excluding hydrogens is 296 g/mol. The summed E-state index contributed by atoms with van der Waals surface area (Å²) in [6.45, 7) is 6.34. The Morgan fingerprint density at radius 1 is 1.21 bits per heavy atom. The largest absolute Gasteiger partial charge is 0.348 e. The van der Waals surface area contributed by atoms with E-state index in [2.05, 4.69) is 66.5 Å².